The van der Waals surface area contributed by atoms with Gasteiger partial charge < -0.3 is 10.2 Å². The van der Waals surface area contributed by atoms with E-state index in [4.69, 9.17) is 5.11 Å². The Morgan fingerprint density at radius 1 is 0.952 bits per heavy atom. The van der Waals surface area contributed by atoms with E-state index in [0.717, 1.165) is 0 Å². The van der Waals surface area contributed by atoms with Gasteiger partial charge in [-0.05, 0) is 12.1 Å². The van der Waals surface area contributed by atoms with Crippen molar-refractivity contribution < 1.29 is 40.9 Å². The van der Waals surface area contributed by atoms with E-state index in [1.54, 1.807) is 0 Å². The number of aliphatic hydroxyl groups excluding tert-OH is 1. The van der Waals surface area contributed by atoms with Gasteiger partial charge >= 0.3 is 0 Å². The normalized spacial score (nSPS) is 26.1. The zero-order valence-corrected chi connectivity index (χ0v) is 9.77. The predicted octanol–water partition coefficient (Wildman–Crippen LogP) is 3.37. The summed E-state index contributed by atoms with van der Waals surface area (Å²) in [6.07, 6.45) is -3.38. The molecule has 0 aliphatic heterocycles. The minimum atomic E-state index is -3.46. The van der Waals surface area contributed by atoms with Gasteiger partial charge in [0.15, 0.2) is 52.5 Å². The van der Waals surface area contributed by atoms with Crippen molar-refractivity contribution in [3.8, 4) is 0 Å². The van der Waals surface area contributed by atoms with Gasteiger partial charge in [0.1, 0.15) is 0 Å². The highest BCUT2D eigenvalue weighted by Gasteiger charge is 2.48. The number of allylic oxidation sites excluding steroid dienone is 2. The van der Waals surface area contributed by atoms with E-state index in [0.29, 0.717) is 0 Å². The fourth-order valence-electron chi connectivity index (χ4n) is 1.85. The van der Waals surface area contributed by atoms with Crippen LogP contribution in [0.4, 0.5) is 30.7 Å². The molecular formula is C12H5F7O2. The standard InChI is InChI=1S/C12H5F7O2/c13-4-1-3(6(15)9(18)7(4)16)12(21)2-5(14)8(17)10(20)11(12)19/h1-2,11,20-21H. The number of hydrogen-bond donors (Lipinski definition) is 2. The van der Waals surface area contributed by atoms with E-state index < -0.39 is 58.0 Å². The number of rotatable bonds is 1. The number of hydrogen-bond acceptors (Lipinski definition) is 2. The van der Waals surface area contributed by atoms with Crippen molar-refractivity contribution in [3.05, 3.63) is 58.4 Å². The number of alkyl halides is 1. The van der Waals surface area contributed by atoms with Gasteiger partial charge in [0.25, 0.3) is 0 Å². The van der Waals surface area contributed by atoms with Gasteiger partial charge in [0.2, 0.25) is 0 Å². The van der Waals surface area contributed by atoms with E-state index >= 15 is 0 Å². The molecule has 1 aromatic rings. The van der Waals surface area contributed by atoms with Crippen molar-refractivity contribution in [1.29, 1.82) is 0 Å². The Labute approximate surface area is 112 Å². The van der Waals surface area contributed by atoms with Crippen LogP contribution in [0.15, 0.2) is 29.6 Å². The van der Waals surface area contributed by atoms with E-state index in [2.05, 4.69) is 0 Å². The Bertz CT molecular complexity index is 683. The third-order valence-electron chi connectivity index (χ3n) is 2.94. The van der Waals surface area contributed by atoms with E-state index in [1.807, 2.05) is 0 Å². The fourth-order valence-corrected chi connectivity index (χ4v) is 1.85. The maximum absolute atomic E-state index is 13.8. The molecule has 0 aromatic heterocycles. The summed E-state index contributed by atoms with van der Waals surface area (Å²) in [5.74, 6) is -14.8. The first kappa shape index (κ1) is 15.4. The lowest BCUT2D eigenvalue weighted by molar-refractivity contribution is -0.00938. The Kier molecular flexibility index (Phi) is 3.48. The van der Waals surface area contributed by atoms with Crippen molar-refractivity contribution in [2.75, 3.05) is 0 Å². The Morgan fingerprint density at radius 3 is 2.10 bits per heavy atom. The molecule has 2 unspecified atom stereocenters. The summed E-state index contributed by atoms with van der Waals surface area (Å²) in [6, 6.07) is -0.124. The van der Waals surface area contributed by atoms with E-state index in [-0.39, 0.29) is 12.1 Å². The van der Waals surface area contributed by atoms with Crippen LogP contribution in [0.1, 0.15) is 5.56 Å². The van der Waals surface area contributed by atoms with Crippen molar-refractivity contribution in [1.82, 2.24) is 0 Å². The van der Waals surface area contributed by atoms with Crippen LogP contribution in [0.5, 0.6) is 0 Å². The molecule has 2 atom stereocenters. The predicted molar refractivity (Wildman–Crippen MR) is 55.0 cm³/mol. The number of halogens is 7. The molecule has 2 nitrogen and oxygen atoms in total. The molecule has 0 amide bonds. The third kappa shape index (κ3) is 2.08. The summed E-state index contributed by atoms with van der Waals surface area (Å²) < 4.78 is 92.4. The van der Waals surface area contributed by atoms with Crippen molar-refractivity contribution in [3.63, 3.8) is 0 Å². The summed E-state index contributed by atoms with van der Waals surface area (Å²) in [7, 11) is 0. The molecule has 21 heavy (non-hydrogen) atoms. The average molecular weight is 314 g/mol. The molecule has 1 aromatic carbocycles. The van der Waals surface area contributed by atoms with Crippen LogP contribution in [0.25, 0.3) is 0 Å². The van der Waals surface area contributed by atoms with Gasteiger partial charge in [-0.3, -0.25) is 0 Å². The molecule has 1 aliphatic carbocycles. The molecule has 1 aliphatic rings. The van der Waals surface area contributed by atoms with Gasteiger partial charge in [0, 0.05) is 5.56 Å². The first-order valence-corrected chi connectivity index (χ1v) is 5.28. The monoisotopic (exact) mass is 314 g/mol. The lowest BCUT2D eigenvalue weighted by atomic mass is 9.83. The van der Waals surface area contributed by atoms with Gasteiger partial charge in [0.05, 0.1) is 0 Å². The summed E-state index contributed by atoms with van der Waals surface area (Å²) in [6.45, 7) is 0. The molecule has 0 spiro atoms. The molecule has 0 heterocycles. The van der Waals surface area contributed by atoms with E-state index in [1.165, 1.54) is 0 Å². The number of aliphatic hydroxyl groups is 2. The highest BCUT2D eigenvalue weighted by atomic mass is 19.2. The van der Waals surface area contributed by atoms with Crippen LogP contribution in [0.3, 0.4) is 0 Å². The largest absolute Gasteiger partial charge is 0.506 e. The first-order valence-electron chi connectivity index (χ1n) is 5.28. The molecule has 0 fully saturated rings. The Morgan fingerprint density at radius 2 is 1.52 bits per heavy atom. The molecule has 9 heteroatoms. The lowest BCUT2D eigenvalue weighted by Gasteiger charge is -2.31. The second-order valence-corrected chi connectivity index (χ2v) is 4.23. The van der Waals surface area contributed by atoms with E-state index in [9.17, 15) is 35.8 Å². The second kappa shape index (κ2) is 4.76. The summed E-state index contributed by atoms with van der Waals surface area (Å²) in [5, 5.41) is 18.8. The highest BCUT2D eigenvalue weighted by Crippen LogP contribution is 2.42. The van der Waals surface area contributed by atoms with Crippen LogP contribution in [0, 0.1) is 23.3 Å². The molecular weight excluding hydrogens is 309 g/mol. The molecule has 0 saturated carbocycles. The lowest BCUT2D eigenvalue weighted by Crippen LogP contribution is -2.40. The molecule has 0 bridgehead atoms. The molecule has 0 radical (unpaired) electrons. The van der Waals surface area contributed by atoms with Crippen molar-refractivity contribution >= 4 is 0 Å². The first-order chi connectivity index (χ1) is 9.61. The maximum atomic E-state index is 13.8. The number of benzene rings is 1. The quantitative estimate of drug-likeness (QED) is 0.474. The summed E-state index contributed by atoms with van der Waals surface area (Å²) in [4.78, 5) is 0. The van der Waals surface area contributed by atoms with Crippen LogP contribution in [-0.2, 0) is 5.60 Å². The minimum Gasteiger partial charge on any atom is -0.506 e. The maximum Gasteiger partial charge on any atom is 0.199 e. The van der Waals surface area contributed by atoms with Crippen molar-refractivity contribution in [2.45, 2.75) is 11.8 Å². The molecule has 2 N–H and O–H groups in total. The van der Waals surface area contributed by atoms with Crippen LogP contribution in [0.2, 0.25) is 0 Å². The summed E-state index contributed by atoms with van der Waals surface area (Å²) >= 11 is 0. The topological polar surface area (TPSA) is 40.5 Å². The fraction of sp³-hybridized carbons (Fsp3) is 0.167. The highest BCUT2D eigenvalue weighted by molar-refractivity contribution is 5.42. The Hall–Kier alpha value is -2.03. The van der Waals surface area contributed by atoms with Crippen LogP contribution >= 0.6 is 0 Å². The molecule has 2 rings (SSSR count). The van der Waals surface area contributed by atoms with Crippen LogP contribution < -0.4 is 0 Å². The van der Waals surface area contributed by atoms with Gasteiger partial charge in [-0.2, -0.15) is 4.39 Å². The minimum absolute atomic E-state index is 0.124. The van der Waals surface area contributed by atoms with Gasteiger partial charge in [-0.15, -0.1) is 0 Å². The Balaban J connectivity index is 2.73. The summed E-state index contributed by atoms with van der Waals surface area (Å²) in [5.41, 5.74) is -5.00. The van der Waals surface area contributed by atoms with Gasteiger partial charge in [-0.25, -0.2) is 26.3 Å². The van der Waals surface area contributed by atoms with Crippen LogP contribution in [-0.4, -0.2) is 16.4 Å². The molecule has 114 valence electrons. The average Bonchev–Trinajstić information content (AvgIpc) is 2.44. The zero-order valence-electron chi connectivity index (χ0n) is 9.77. The van der Waals surface area contributed by atoms with Crippen molar-refractivity contribution in [2.24, 2.45) is 0 Å². The third-order valence-corrected chi connectivity index (χ3v) is 2.94. The van der Waals surface area contributed by atoms with Gasteiger partial charge in [-0.1, -0.05) is 0 Å². The second-order valence-electron chi connectivity index (χ2n) is 4.23. The SMILES string of the molecule is OC1=C(F)C(F)=CC(O)(c2cc(F)c(F)c(F)c2F)C1F. The smallest absolute Gasteiger partial charge is 0.199 e. The zero-order chi connectivity index (χ0) is 16.1. The molecule has 0 saturated heterocycles.